The van der Waals surface area contributed by atoms with E-state index in [0.29, 0.717) is 6.61 Å². The Morgan fingerprint density at radius 1 is 1.50 bits per heavy atom. The molecule has 1 aliphatic heterocycles. The van der Waals surface area contributed by atoms with Crippen molar-refractivity contribution in [2.45, 2.75) is 19.9 Å². The van der Waals surface area contributed by atoms with Crippen LogP contribution in [-0.4, -0.2) is 68.3 Å². The van der Waals surface area contributed by atoms with Crippen LogP contribution in [0.5, 0.6) is 0 Å². The minimum Gasteiger partial charge on any atom is -0.383 e. The van der Waals surface area contributed by atoms with E-state index in [-0.39, 0.29) is 12.1 Å². The van der Waals surface area contributed by atoms with Gasteiger partial charge in [-0.2, -0.15) is 0 Å². The summed E-state index contributed by atoms with van der Waals surface area (Å²) in [6.07, 6.45) is 0. The van der Waals surface area contributed by atoms with Crippen molar-refractivity contribution in [1.29, 1.82) is 0 Å². The topological polar surface area (TPSA) is 44.8 Å². The van der Waals surface area contributed by atoms with Crippen molar-refractivity contribution < 1.29 is 9.53 Å². The number of likely N-dealkylation sites (N-methyl/N-ethyl adjacent to an activating group) is 1. The third kappa shape index (κ3) is 3.35. The number of carbonyl (C=O) groups excluding carboxylic acids is 1. The molecule has 0 radical (unpaired) electrons. The molecule has 0 aromatic heterocycles. The van der Waals surface area contributed by atoms with E-state index >= 15 is 0 Å². The van der Waals surface area contributed by atoms with Crippen LogP contribution in [0.15, 0.2) is 0 Å². The first-order valence-electron chi connectivity index (χ1n) is 5.95. The van der Waals surface area contributed by atoms with E-state index in [2.05, 4.69) is 5.32 Å². The highest BCUT2D eigenvalue weighted by Crippen LogP contribution is 2.06. The van der Waals surface area contributed by atoms with E-state index in [4.69, 9.17) is 4.74 Å². The zero-order chi connectivity index (χ0) is 12.0. The number of nitrogens with one attached hydrogen (secondary N) is 1. The molecule has 1 N–H and O–H groups in total. The first-order valence-corrected chi connectivity index (χ1v) is 5.95. The Bertz CT molecular complexity index is 217. The summed E-state index contributed by atoms with van der Waals surface area (Å²) in [6.45, 7) is 8.73. The summed E-state index contributed by atoms with van der Waals surface area (Å²) in [5, 5.41) is 3.24. The molecular weight excluding hydrogens is 206 g/mol. The number of amides is 2. The van der Waals surface area contributed by atoms with Crippen molar-refractivity contribution in [3.8, 4) is 0 Å². The smallest absolute Gasteiger partial charge is 0.320 e. The molecule has 0 bridgehead atoms. The van der Waals surface area contributed by atoms with E-state index in [9.17, 15) is 4.79 Å². The van der Waals surface area contributed by atoms with Crippen LogP contribution in [-0.2, 0) is 4.74 Å². The van der Waals surface area contributed by atoms with Gasteiger partial charge >= 0.3 is 6.03 Å². The molecule has 1 heterocycles. The zero-order valence-electron chi connectivity index (χ0n) is 10.5. The van der Waals surface area contributed by atoms with Crippen molar-refractivity contribution in [2.24, 2.45) is 0 Å². The Morgan fingerprint density at radius 2 is 2.12 bits per heavy atom. The third-order valence-corrected chi connectivity index (χ3v) is 2.91. The van der Waals surface area contributed by atoms with Crippen LogP contribution in [0.2, 0.25) is 0 Å². The lowest BCUT2D eigenvalue weighted by molar-refractivity contribution is 0.0927. The highest BCUT2D eigenvalue weighted by atomic mass is 16.5. The molecule has 5 heteroatoms. The van der Waals surface area contributed by atoms with Gasteiger partial charge in [0.2, 0.25) is 0 Å². The van der Waals surface area contributed by atoms with Crippen LogP contribution in [0.1, 0.15) is 13.8 Å². The minimum absolute atomic E-state index is 0.133. The molecule has 1 atom stereocenters. The summed E-state index contributed by atoms with van der Waals surface area (Å²) in [7, 11) is 1.67. The molecule has 16 heavy (non-hydrogen) atoms. The van der Waals surface area contributed by atoms with Crippen molar-refractivity contribution >= 4 is 6.03 Å². The maximum Gasteiger partial charge on any atom is 0.320 e. The lowest BCUT2D eigenvalue weighted by Gasteiger charge is -2.35. The lowest BCUT2D eigenvalue weighted by atomic mass is 10.3. The van der Waals surface area contributed by atoms with Crippen molar-refractivity contribution in [3.63, 3.8) is 0 Å². The zero-order valence-corrected chi connectivity index (χ0v) is 10.5. The number of hydrogen-bond donors (Lipinski definition) is 1. The van der Waals surface area contributed by atoms with E-state index < -0.39 is 0 Å². The second kappa shape index (κ2) is 6.70. The molecule has 0 saturated carbocycles. The van der Waals surface area contributed by atoms with Gasteiger partial charge in [-0.05, 0) is 13.8 Å². The molecule has 1 aliphatic rings. The molecule has 94 valence electrons. The molecule has 2 amide bonds. The summed E-state index contributed by atoms with van der Waals surface area (Å²) in [6, 6.07) is 0.269. The van der Waals surface area contributed by atoms with Gasteiger partial charge in [0.15, 0.2) is 0 Å². The molecule has 0 spiro atoms. The third-order valence-electron chi connectivity index (χ3n) is 2.91. The molecular formula is C11H23N3O2. The number of rotatable bonds is 4. The van der Waals surface area contributed by atoms with Crippen molar-refractivity contribution in [3.05, 3.63) is 0 Å². The lowest BCUT2D eigenvalue weighted by Crippen LogP contribution is -2.54. The Morgan fingerprint density at radius 3 is 2.62 bits per heavy atom. The maximum absolute atomic E-state index is 12.2. The molecule has 0 aliphatic carbocycles. The van der Waals surface area contributed by atoms with Crippen molar-refractivity contribution in [2.75, 3.05) is 46.4 Å². The highest BCUT2D eigenvalue weighted by Gasteiger charge is 2.24. The maximum atomic E-state index is 12.2. The van der Waals surface area contributed by atoms with Gasteiger partial charge in [0.05, 0.1) is 12.6 Å². The van der Waals surface area contributed by atoms with E-state index in [0.717, 1.165) is 32.7 Å². The van der Waals surface area contributed by atoms with Gasteiger partial charge in [-0.3, -0.25) is 0 Å². The fraction of sp³-hybridized carbons (Fsp3) is 0.909. The normalized spacial score (nSPS) is 18.3. The largest absolute Gasteiger partial charge is 0.383 e. The Kier molecular flexibility index (Phi) is 5.55. The number of carbonyl (C=O) groups is 1. The predicted octanol–water partition coefficient (Wildman–Crippen LogP) is 0.368. The van der Waals surface area contributed by atoms with E-state index in [1.807, 2.05) is 23.6 Å². The van der Waals surface area contributed by atoms with Gasteiger partial charge in [-0.15, -0.1) is 0 Å². The molecule has 1 saturated heterocycles. The van der Waals surface area contributed by atoms with Gasteiger partial charge in [-0.1, -0.05) is 0 Å². The summed E-state index contributed by atoms with van der Waals surface area (Å²) >= 11 is 0. The average molecular weight is 229 g/mol. The predicted molar refractivity (Wildman–Crippen MR) is 63.6 cm³/mol. The molecule has 5 nitrogen and oxygen atoms in total. The Hall–Kier alpha value is -0.810. The van der Waals surface area contributed by atoms with Gasteiger partial charge in [-0.25, -0.2) is 4.79 Å². The van der Waals surface area contributed by atoms with E-state index in [1.54, 1.807) is 7.11 Å². The van der Waals surface area contributed by atoms with Crippen LogP contribution in [0, 0.1) is 0 Å². The summed E-state index contributed by atoms with van der Waals surface area (Å²) in [5.41, 5.74) is 0. The number of hydrogen-bond acceptors (Lipinski definition) is 3. The molecule has 1 rings (SSSR count). The van der Waals surface area contributed by atoms with E-state index in [1.165, 1.54) is 0 Å². The Balaban J connectivity index is 2.53. The number of methoxy groups -OCH3 is 1. The van der Waals surface area contributed by atoms with Crippen LogP contribution in [0.3, 0.4) is 0 Å². The second-order valence-corrected chi connectivity index (χ2v) is 4.11. The monoisotopic (exact) mass is 229 g/mol. The minimum atomic E-state index is 0.133. The van der Waals surface area contributed by atoms with Gasteiger partial charge in [0.1, 0.15) is 0 Å². The highest BCUT2D eigenvalue weighted by molar-refractivity contribution is 5.74. The Labute approximate surface area is 97.7 Å². The number of piperazine rings is 1. The van der Waals surface area contributed by atoms with Crippen LogP contribution < -0.4 is 5.32 Å². The quantitative estimate of drug-likeness (QED) is 0.757. The average Bonchev–Trinajstić information content (AvgIpc) is 2.31. The summed E-state index contributed by atoms with van der Waals surface area (Å²) in [5.74, 6) is 0. The fourth-order valence-electron chi connectivity index (χ4n) is 2.00. The standard InChI is InChI=1S/C11H23N3O2/c1-4-14(10(2)9-16-3)11(15)13-7-5-12-6-8-13/h10,12H,4-9H2,1-3H3. The number of ether oxygens (including phenoxy) is 1. The molecule has 0 aromatic rings. The summed E-state index contributed by atoms with van der Waals surface area (Å²) < 4.78 is 5.10. The first-order chi connectivity index (χ1) is 7.70. The second-order valence-electron chi connectivity index (χ2n) is 4.11. The van der Waals surface area contributed by atoms with Crippen LogP contribution >= 0.6 is 0 Å². The number of urea groups is 1. The van der Waals surface area contributed by atoms with Crippen LogP contribution in [0.4, 0.5) is 4.79 Å². The first kappa shape index (κ1) is 13.3. The molecule has 0 aromatic carbocycles. The summed E-state index contributed by atoms with van der Waals surface area (Å²) in [4.78, 5) is 16.0. The SMILES string of the molecule is CCN(C(=O)N1CCNCC1)C(C)COC. The van der Waals surface area contributed by atoms with Crippen LogP contribution in [0.25, 0.3) is 0 Å². The van der Waals surface area contributed by atoms with Gasteiger partial charge in [0.25, 0.3) is 0 Å². The van der Waals surface area contributed by atoms with Gasteiger partial charge in [0, 0.05) is 39.8 Å². The number of nitrogens with zero attached hydrogens (tertiary/aromatic N) is 2. The molecule has 1 unspecified atom stereocenters. The van der Waals surface area contributed by atoms with Crippen molar-refractivity contribution in [1.82, 2.24) is 15.1 Å². The molecule has 1 fully saturated rings. The van der Waals surface area contributed by atoms with Gasteiger partial charge < -0.3 is 19.9 Å². The fourth-order valence-corrected chi connectivity index (χ4v) is 2.00.